The van der Waals surface area contributed by atoms with Crippen LogP contribution in [-0.4, -0.2) is 50.1 Å². The van der Waals surface area contributed by atoms with E-state index in [-0.39, 0.29) is 12.5 Å². The van der Waals surface area contributed by atoms with Crippen LogP contribution < -0.4 is 10.6 Å². The summed E-state index contributed by atoms with van der Waals surface area (Å²) in [5.74, 6) is -0.816. The first kappa shape index (κ1) is 16.8. The second-order valence-corrected chi connectivity index (χ2v) is 5.87. The lowest BCUT2D eigenvalue weighted by atomic mass is 10.1. The van der Waals surface area contributed by atoms with Crippen molar-refractivity contribution in [3.8, 4) is 0 Å². The summed E-state index contributed by atoms with van der Waals surface area (Å²) in [6.07, 6.45) is 3.16. The molecule has 132 valence electrons. The van der Waals surface area contributed by atoms with Crippen LogP contribution >= 0.6 is 0 Å². The Bertz CT molecular complexity index is 842. The summed E-state index contributed by atoms with van der Waals surface area (Å²) < 4.78 is 6.46. The number of rotatable bonds is 5. The molecule has 0 unspecified atom stereocenters. The Labute approximate surface area is 143 Å². The molecule has 25 heavy (non-hydrogen) atoms. The van der Waals surface area contributed by atoms with Gasteiger partial charge in [-0.1, -0.05) is 0 Å². The minimum absolute atomic E-state index is 0.0536. The van der Waals surface area contributed by atoms with Gasteiger partial charge in [-0.2, -0.15) is 10.1 Å². The molecule has 2 aromatic rings. The van der Waals surface area contributed by atoms with Crippen LogP contribution in [0.3, 0.4) is 0 Å². The van der Waals surface area contributed by atoms with E-state index in [4.69, 9.17) is 4.74 Å². The van der Waals surface area contributed by atoms with Gasteiger partial charge < -0.3 is 10.1 Å². The standard InChI is InChI=1S/C15H18N6O4/c1-8-11(9(2)21-14(18-8)16-7-17-21)5-13(23)25-6-12(22)20-15(24)19-10-3-4-10/h7,10H,3-6H2,1-2H3,(H2,19,20,22,24). The number of carbonyl (C=O) groups excluding carboxylic acids is 3. The van der Waals surface area contributed by atoms with E-state index in [2.05, 4.69) is 25.7 Å². The Balaban J connectivity index is 1.53. The number of carbonyl (C=O) groups is 3. The van der Waals surface area contributed by atoms with Crippen LogP contribution in [0.5, 0.6) is 0 Å². The van der Waals surface area contributed by atoms with Gasteiger partial charge in [-0.05, 0) is 26.7 Å². The third kappa shape index (κ3) is 4.08. The Hall–Kier alpha value is -3.04. The number of fused-ring (bicyclic) bond motifs is 1. The molecule has 0 atom stereocenters. The zero-order valence-electron chi connectivity index (χ0n) is 13.9. The van der Waals surface area contributed by atoms with Crippen molar-refractivity contribution in [2.24, 2.45) is 0 Å². The van der Waals surface area contributed by atoms with Gasteiger partial charge in [-0.25, -0.2) is 14.3 Å². The van der Waals surface area contributed by atoms with Crippen molar-refractivity contribution in [1.82, 2.24) is 30.2 Å². The van der Waals surface area contributed by atoms with Crippen molar-refractivity contribution < 1.29 is 19.1 Å². The minimum atomic E-state index is -0.676. The number of esters is 1. The molecule has 2 aromatic heterocycles. The molecular weight excluding hydrogens is 328 g/mol. The van der Waals surface area contributed by atoms with Crippen LogP contribution in [0.15, 0.2) is 6.33 Å². The van der Waals surface area contributed by atoms with Gasteiger partial charge in [0.25, 0.3) is 11.7 Å². The Morgan fingerprint density at radius 1 is 1.32 bits per heavy atom. The molecule has 0 saturated heterocycles. The number of nitrogens with zero attached hydrogens (tertiary/aromatic N) is 4. The number of aryl methyl sites for hydroxylation is 2. The van der Waals surface area contributed by atoms with E-state index in [0.29, 0.717) is 17.0 Å². The van der Waals surface area contributed by atoms with Crippen molar-refractivity contribution in [3.05, 3.63) is 23.3 Å². The summed E-state index contributed by atoms with van der Waals surface area (Å²) >= 11 is 0. The number of urea groups is 1. The zero-order chi connectivity index (χ0) is 18.0. The molecule has 2 heterocycles. The summed E-state index contributed by atoms with van der Waals surface area (Å²) in [5, 5.41) is 8.76. The first-order chi connectivity index (χ1) is 11.9. The van der Waals surface area contributed by atoms with Gasteiger partial charge in [0.15, 0.2) is 6.61 Å². The fourth-order valence-corrected chi connectivity index (χ4v) is 2.36. The molecule has 0 aromatic carbocycles. The summed E-state index contributed by atoms with van der Waals surface area (Å²) in [4.78, 5) is 43.3. The van der Waals surface area contributed by atoms with Gasteiger partial charge in [0.1, 0.15) is 6.33 Å². The molecule has 1 saturated carbocycles. The molecule has 0 aliphatic heterocycles. The van der Waals surface area contributed by atoms with Crippen LogP contribution in [0.2, 0.25) is 0 Å². The van der Waals surface area contributed by atoms with Crippen molar-refractivity contribution in [2.45, 2.75) is 39.2 Å². The maximum absolute atomic E-state index is 12.0. The first-order valence-electron chi connectivity index (χ1n) is 7.86. The van der Waals surface area contributed by atoms with Gasteiger partial charge in [-0.3, -0.25) is 14.9 Å². The summed E-state index contributed by atoms with van der Waals surface area (Å²) in [6, 6.07) is -0.434. The first-order valence-corrected chi connectivity index (χ1v) is 7.86. The van der Waals surface area contributed by atoms with Crippen LogP contribution in [0.25, 0.3) is 5.78 Å². The summed E-state index contributed by atoms with van der Waals surface area (Å²) in [5.41, 5.74) is 2.03. The van der Waals surface area contributed by atoms with E-state index in [0.717, 1.165) is 18.5 Å². The quantitative estimate of drug-likeness (QED) is 0.719. The normalized spacial score (nSPS) is 13.5. The van der Waals surface area contributed by atoms with Crippen LogP contribution in [-0.2, 0) is 20.7 Å². The molecule has 0 bridgehead atoms. The molecule has 3 rings (SSSR count). The van der Waals surface area contributed by atoms with Crippen LogP contribution in [0.4, 0.5) is 4.79 Å². The number of hydrogen-bond acceptors (Lipinski definition) is 7. The van der Waals surface area contributed by atoms with E-state index in [1.807, 2.05) is 0 Å². The summed E-state index contributed by atoms with van der Waals surface area (Å²) in [6.45, 7) is 3.04. The highest BCUT2D eigenvalue weighted by Crippen LogP contribution is 2.18. The zero-order valence-corrected chi connectivity index (χ0v) is 13.9. The molecule has 10 heteroatoms. The maximum Gasteiger partial charge on any atom is 0.321 e. The third-order valence-corrected chi connectivity index (χ3v) is 3.84. The fourth-order valence-electron chi connectivity index (χ4n) is 2.36. The van der Waals surface area contributed by atoms with Crippen molar-refractivity contribution in [2.75, 3.05) is 6.61 Å². The average molecular weight is 346 g/mol. The van der Waals surface area contributed by atoms with Gasteiger partial charge in [0.2, 0.25) is 0 Å². The van der Waals surface area contributed by atoms with Crippen LogP contribution in [0, 0.1) is 13.8 Å². The van der Waals surface area contributed by atoms with Gasteiger partial charge >= 0.3 is 12.0 Å². The molecule has 0 radical (unpaired) electrons. The summed E-state index contributed by atoms with van der Waals surface area (Å²) in [7, 11) is 0. The van der Waals surface area contributed by atoms with Gasteiger partial charge in [0.05, 0.1) is 6.42 Å². The second-order valence-electron chi connectivity index (χ2n) is 5.87. The molecule has 1 aliphatic rings. The minimum Gasteiger partial charge on any atom is -0.455 e. The van der Waals surface area contributed by atoms with E-state index in [9.17, 15) is 14.4 Å². The highest BCUT2D eigenvalue weighted by atomic mass is 16.5. The Morgan fingerprint density at radius 2 is 2.08 bits per heavy atom. The second kappa shape index (κ2) is 6.83. The topological polar surface area (TPSA) is 128 Å². The lowest BCUT2D eigenvalue weighted by molar-refractivity contribution is -0.147. The van der Waals surface area contributed by atoms with Crippen molar-refractivity contribution in [1.29, 1.82) is 0 Å². The monoisotopic (exact) mass is 346 g/mol. The number of ether oxygens (including phenoxy) is 1. The predicted octanol–water partition coefficient (Wildman–Crippen LogP) is -0.185. The predicted molar refractivity (Wildman–Crippen MR) is 84.6 cm³/mol. The molecule has 1 fully saturated rings. The Kier molecular flexibility index (Phi) is 4.59. The number of hydrogen-bond donors (Lipinski definition) is 2. The van der Waals surface area contributed by atoms with Gasteiger partial charge in [0, 0.05) is 23.0 Å². The van der Waals surface area contributed by atoms with E-state index < -0.39 is 24.5 Å². The molecule has 3 amide bonds. The maximum atomic E-state index is 12.0. The number of imide groups is 1. The number of nitrogens with one attached hydrogen (secondary N) is 2. The molecule has 2 N–H and O–H groups in total. The largest absolute Gasteiger partial charge is 0.455 e. The van der Waals surface area contributed by atoms with E-state index in [1.165, 1.54) is 10.8 Å². The van der Waals surface area contributed by atoms with Gasteiger partial charge in [-0.15, -0.1) is 0 Å². The number of amides is 3. The van der Waals surface area contributed by atoms with E-state index in [1.54, 1.807) is 13.8 Å². The van der Waals surface area contributed by atoms with Crippen molar-refractivity contribution >= 4 is 23.7 Å². The third-order valence-electron chi connectivity index (χ3n) is 3.84. The van der Waals surface area contributed by atoms with Crippen molar-refractivity contribution in [3.63, 3.8) is 0 Å². The lowest BCUT2D eigenvalue weighted by Crippen LogP contribution is -2.42. The van der Waals surface area contributed by atoms with E-state index >= 15 is 0 Å². The van der Waals surface area contributed by atoms with Crippen LogP contribution in [0.1, 0.15) is 29.8 Å². The highest BCUT2D eigenvalue weighted by Gasteiger charge is 2.24. The lowest BCUT2D eigenvalue weighted by Gasteiger charge is -2.10. The number of aromatic nitrogens is 4. The Morgan fingerprint density at radius 3 is 2.80 bits per heavy atom. The SMILES string of the molecule is Cc1nc2ncnn2c(C)c1CC(=O)OCC(=O)NC(=O)NC1CC1. The fraction of sp³-hybridized carbons (Fsp3) is 0.467. The smallest absolute Gasteiger partial charge is 0.321 e. The molecule has 1 aliphatic carbocycles. The molecule has 0 spiro atoms. The average Bonchev–Trinajstić information content (AvgIpc) is 3.23. The highest BCUT2D eigenvalue weighted by molar-refractivity contribution is 5.95. The molecule has 10 nitrogen and oxygen atoms in total. The molecular formula is C15H18N6O4.